The Balaban J connectivity index is 0.00000200. The number of sulfonamides is 1. The molecule has 4 unspecified atom stereocenters. The fourth-order valence-corrected chi connectivity index (χ4v) is 8.52. The maximum absolute atomic E-state index is 12.9. The van der Waals surface area contributed by atoms with Crippen LogP contribution >= 0.6 is 24.8 Å². The summed E-state index contributed by atoms with van der Waals surface area (Å²) in [5.41, 5.74) is 5.67. The van der Waals surface area contributed by atoms with E-state index in [1.807, 2.05) is 0 Å². The van der Waals surface area contributed by atoms with Crippen LogP contribution < -0.4 is 26.8 Å². The monoisotopic (exact) mass is 591 g/mol. The smallest absolute Gasteiger partial charge is 0.319 e. The van der Waals surface area contributed by atoms with Crippen LogP contribution in [0.25, 0.3) is 0 Å². The fraction of sp³-hybridized carbons (Fsp3) is 0.680. The van der Waals surface area contributed by atoms with E-state index in [0.29, 0.717) is 49.9 Å². The lowest BCUT2D eigenvalue weighted by Crippen LogP contribution is -2.60. The average Bonchev–Trinajstić information content (AvgIpc) is 3.15. The van der Waals surface area contributed by atoms with E-state index in [1.54, 1.807) is 6.07 Å². The second kappa shape index (κ2) is 11.1. The van der Waals surface area contributed by atoms with Crippen molar-refractivity contribution in [3.8, 4) is 0 Å². The molecule has 13 heteroatoms. The van der Waals surface area contributed by atoms with E-state index in [4.69, 9.17) is 10.9 Å². The van der Waals surface area contributed by atoms with Gasteiger partial charge < -0.3 is 26.8 Å². The molecule has 1 aromatic rings. The topological polar surface area (TPSA) is 177 Å². The number of nitrogens with one attached hydrogen (secondary N) is 3. The SMILES string of the molecule is Cl.Cl.NC1(C(=O)NCC23CC4CC(CC(CNC(=O)Nc5cccc(S(N)(=O)=O)c5)(C4)C2)C3)CCC(O)C1. The second-order valence-electron chi connectivity index (χ2n) is 12.1. The molecule has 0 radical (unpaired) electrons. The molecule has 10 nitrogen and oxygen atoms in total. The summed E-state index contributed by atoms with van der Waals surface area (Å²) in [6.45, 7) is 1.12. The van der Waals surface area contributed by atoms with Crippen molar-refractivity contribution in [3.63, 3.8) is 0 Å². The number of halogens is 2. The fourth-order valence-electron chi connectivity index (χ4n) is 7.96. The molecule has 0 spiro atoms. The van der Waals surface area contributed by atoms with E-state index in [2.05, 4.69) is 16.0 Å². The van der Waals surface area contributed by atoms with Crippen LogP contribution in [0.4, 0.5) is 10.5 Å². The predicted octanol–water partition coefficient (Wildman–Crippen LogP) is 2.24. The van der Waals surface area contributed by atoms with Gasteiger partial charge in [0, 0.05) is 25.2 Å². The van der Waals surface area contributed by atoms with Gasteiger partial charge in [-0.25, -0.2) is 18.4 Å². The number of carbonyl (C=O) groups excluding carboxylic acids is 2. The zero-order chi connectivity index (χ0) is 25.8. The summed E-state index contributed by atoms with van der Waals surface area (Å²) < 4.78 is 23.2. The maximum atomic E-state index is 12.9. The molecule has 214 valence electrons. The number of aliphatic hydroxyl groups excluding tert-OH is 1. The molecule has 5 fully saturated rings. The first kappa shape index (κ1) is 30.9. The van der Waals surface area contributed by atoms with Crippen molar-refractivity contribution in [2.45, 2.75) is 74.3 Å². The number of hydrogen-bond acceptors (Lipinski definition) is 6. The van der Waals surface area contributed by atoms with Gasteiger partial charge in [0.25, 0.3) is 0 Å². The number of carbonyl (C=O) groups is 2. The Bertz CT molecular complexity index is 1150. The molecular weight excluding hydrogens is 553 g/mol. The summed E-state index contributed by atoms with van der Waals surface area (Å²) in [6, 6.07) is 5.48. The van der Waals surface area contributed by atoms with Crippen LogP contribution in [0.3, 0.4) is 0 Å². The van der Waals surface area contributed by atoms with Crippen molar-refractivity contribution in [1.29, 1.82) is 0 Å². The third-order valence-corrected chi connectivity index (χ3v) is 9.86. The van der Waals surface area contributed by atoms with E-state index >= 15 is 0 Å². The Morgan fingerprint density at radius 1 is 1.00 bits per heavy atom. The van der Waals surface area contributed by atoms with Gasteiger partial charge >= 0.3 is 6.03 Å². The van der Waals surface area contributed by atoms with Crippen molar-refractivity contribution in [1.82, 2.24) is 10.6 Å². The second-order valence-corrected chi connectivity index (χ2v) is 13.6. The highest BCUT2D eigenvalue weighted by Gasteiger charge is 2.57. The number of nitrogens with two attached hydrogens (primary N) is 2. The zero-order valence-electron chi connectivity index (χ0n) is 21.3. The zero-order valence-corrected chi connectivity index (χ0v) is 23.7. The van der Waals surface area contributed by atoms with Gasteiger partial charge in [-0.15, -0.1) is 24.8 Å². The lowest BCUT2D eigenvalue weighted by atomic mass is 9.44. The van der Waals surface area contributed by atoms with Gasteiger partial charge in [-0.3, -0.25) is 4.79 Å². The number of urea groups is 1. The Morgan fingerprint density at radius 3 is 2.16 bits per heavy atom. The largest absolute Gasteiger partial charge is 0.393 e. The Kier molecular flexibility index (Phi) is 9.02. The van der Waals surface area contributed by atoms with E-state index in [-0.39, 0.29) is 52.5 Å². The maximum Gasteiger partial charge on any atom is 0.319 e. The minimum atomic E-state index is -3.86. The molecule has 0 heterocycles. The Hall–Kier alpha value is -1.63. The number of aliphatic hydroxyl groups is 1. The number of anilines is 1. The van der Waals surface area contributed by atoms with Gasteiger partial charge in [-0.2, -0.15) is 0 Å². The molecule has 38 heavy (non-hydrogen) atoms. The van der Waals surface area contributed by atoms with Gasteiger partial charge in [0.2, 0.25) is 15.9 Å². The number of rotatable bonds is 7. The predicted molar refractivity (Wildman–Crippen MR) is 149 cm³/mol. The summed E-state index contributed by atoms with van der Waals surface area (Å²) in [5.74, 6) is 1.00. The number of primary sulfonamides is 1. The van der Waals surface area contributed by atoms with Crippen LogP contribution in [-0.4, -0.2) is 50.2 Å². The lowest BCUT2D eigenvalue weighted by molar-refractivity contribution is -0.132. The van der Waals surface area contributed by atoms with Crippen molar-refractivity contribution in [2.75, 3.05) is 18.4 Å². The lowest BCUT2D eigenvalue weighted by Gasteiger charge is -2.62. The quantitative estimate of drug-likeness (QED) is 0.283. The van der Waals surface area contributed by atoms with E-state index in [1.165, 1.54) is 24.6 Å². The van der Waals surface area contributed by atoms with Crippen LogP contribution in [0.2, 0.25) is 0 Å². The highest BCUT2D eigenvalue weighted by molar-refractivity contribution is 7.89. The number of hydrogen-bond donors (Lipinski definition) is 6. The molecule has 4 atom stereocenters. The van der Waals surface area contributed by atoms with Crippen LogP contribution in [-0.2, 0) is 14.8 Å². The summed E-state index contributed by atoms with van der Waals surface area (Å²) in [7, 11) is -3.86. The molecule has 8 N–H and O–H groups in total. The minimum Gasteiger partial charge on any atom is -0.393 e. The molecule has 5 aliphatic rings. The average molecular weight is 593 g/mol. The summed E-state index contributed by atoms with van der Waals surface area (Å²) >= 11 is 0. The first-order valence-corrected chi connectivity index (χ1v) is 14.4. The van der Waals surface area contributed by atoms with Crippen LogP contribution in [0, 0.1) is 22.7 Å². The first-order valence-electron chi connectivity index (χ1n) is 12.8. The number of benzene rings is 1. The molecule has 4 bridgehead atoms. The van der Waals surface area contributed by atoms with Gasteiger partial charge in [0.15, 0.2) is 0 Å². The van der Waals surface area contributed by atoms with Crippen LogP contribution in [0.1, 0.15) is 57.8 Å². The van der Waals surface area contributed by atoms with Crippen molar-refractivity contribution < 1.29 is 23.1 Å². The molecular formula is C25H39Cl2N5O5S. The minimum absolute atomic E-state index is 0. The third-order valence-electron chi connectivity index (χ3n) is 8.95. The Morgan fingerprint density at radius 2 is 1.61 bits per heavy atom. The summed E-state index contributed by atoms with van der Waals surface area (Å²) in [6.07, 6.45) is 7.29. The van der Waals surface area contributed by atoms with Crippen LogP contribution in [0.5, 0.6) is 0 Å². The van der Waals surface area contributed by atoms with Crippen molar-refractivity contribution >= 4 is 52.5 Å². The summed E-state index contributed by atoms with van der Waals surface area (Å²) in [4.78, 5) is 25.5. The Labute approximate surface area is 236 Å². The first-order chi connectivity index (χ1) is 16.9. The van der Waals surface area contributed by atoms with Gasteiger partial charge in [-0.1, -0.05) is 6.07 Å². The highest BCUT2D eigenvalue weighted by atomic mass is 35.5. The van der Waals surface area contributed by atoms with Crippen molar-refractivity contribution in [2.24, 2.45) is 33.5 Å². The van der Waals surface area contributed by atoms with Crippen LogP contribution in [0.15, 0.2) is 29.2 Å². The molecule has 5 saturated carbocycles. The summed E-state index contributed by atoms with van der Waals surface area (Å²) in [5, 5.41) is 23.9. The number of amides is 3. The van der Waals surface area contributed by atoms with E-state index in [0.717, 1.165) is 32.1 Å². The molecule has 0 aromatic heterocycles. The van der Waals surface area contributed by atoms with E-state index < -0.39 is 21.7 Å². The highest BCUT2D eigenvalue weighted by Crippen LogP contribution is 2.64. The van der Waals surface area contributed by atoms with E-state index in [9.17, 15) is 23.1 Å². The molecule has 3 amide bonds. The molecule has 5 aliphatic carbocycles. The molecule has 0 aliphatic heterocycles. The van der Waals surface area contributed by atoms with Gasteiger partial charge in [0.05, 0.1) is 16.5 Å². The molecule has 0 saturated heterocycles. The molecule has 6 rings (SSSR count). The third kappa shape index (κ3) is 6.39. The van der Waals surface area contributed by atoms with Gasteiger partial charge in [-0.05, 0) is 92.2 Å². The normalized spacial score (nSPS) is 35.1. The van der Waals surface area contributed by atoms with Gasteiger partial charge in [0.1, 0.15) is 0 Å². The standard InChI is InChI=1S/C25H37N5O5S.2ClH/c26-25(5-4-19(31)12-25)21(32)28-14-23-8-16-6-17(9-23)11-24(10-16,13-23)15-29-22(33)30-18-2-1-3-20(7-18)36(27,34)35;;/h1-3,7,16-17,19,31H,4-6,8-15,26H2,(H,28,32)(H2,27,34,35)(H2,29,30,33);2*1H. The van der Waals surface area contributed by atoms with Crippen molar-refractivity contribution in [3.05, 3.63) is 24.3 Å². The molecule has 1 aromatic carbocycles.